The summed E-state index contributed by atoms with van der Waals surface area (Å²) in [6.07, 6.45) is 8.54. The molecule has 18 heavy (non-hydrogen) atoms. The summed E-state index contributed by atoms with van der Waals surface area (Å²) >= 11 is 0. The lowest BCUT2D eigenvalue weighted by atomic mass is 10.1. The van der Waals surface area contributed by atoms with Crippen molar-refractivity contribution in [3.05, 3.63) is 65.5 Å². The molecule has 3 heteroatoms. The van der Waals surface area contributed by atoms with E-state index in [0.29, 0.717) is 5.56 Å². The summed E-state index contributed by atoms with van der Waals surface area (Å²) in [4.78, 5) is 15.5. The number of rotatable bonds is 4. The van der Waals surface area contributed by atoms with Crippen molar-refractivity contribution in [1.29, 1.82) is 0 Å². The molecule has 0 saturated heterocycles. The van der Waals surface area contributed by atoms with Crippen LogP contribution in [0.15, 0.2) is 48.8 Å². The van der Waals surface area contributed by atoms with E-state index in [1.54, 1.807) is 24.0 Å². The van der Waals surface area contributed by atoms with Crippen molar-refractivity contribution in [1.82, 2.24) is 0 Å². The van der Waals surface area contributed by atoms with Gasteiger partial charge in [0, 0.05) is 22.4 Å². The highest BCUT2D eigenvalue weighted by atomic mass is 16.6. The fourth-order valence-electron chi connectivity index (χ4n) is 1.54. The zero-order valence-electron chi connectivity index (χ0n) is 10.1. The summed E-state index contributed by atoms with van der Waals surface area (Å²) in [6.45, 7) is 0. The molecular formula is C15H14NO2+. The molecule has 0 amide bonds. The lowest BCUT2D eigenvalue weighted by Crippen LogP contribution is -2.39. The molecule has 1 heterocycles. The van der Waals surface area contributed by atoms with Crippen LogP contribution in [0.25, 0.3) is 12.2 Å². The van der Waals surface area contributed by atoms with E-state index in [2.05, 4.69) is 0 Å². The van der Waals surface area contributed by atoms with Gasteiger partial charge in [0.15, 0.2) is 0 Å². The molecule has 0 atom stereocenters. The van der Waals surface area contributed by atoms with Gasteiger partial charge in [-0.1, -0.05) is 36.4 Å². The molecule has 0 bridgehead atoms. The van der Waals surface area contributed by atoms with Crippen LogP contribution in [0, 0.1) is 0 Å². The Balaban J connectivity index is 2.10. The van der Waals surface area contributed by atoms with E-state index >= 15 is 0 Å². The second-order valence-electron chi connectivity index (χ2n) is 3.79. The number of nitrogens with zero attached hydrogens (tertiary/aromatic N) is 1. The highest BCUT2D eigenvalue weighted by Gasteiger charge is 1.96. The Labute approximate surface area is 106 Å². The first-order chi connectivity index (χ1) is 8.81. The van der Waals surface area contributed by atoms with Crippen molar-refractivity contribution < 1.29 is 14.4 Å². The van der Waals surface area contributed by atoms with Crippen molar-refractivity contribution in [2.75, 3.05) is 7.11 Å². The molecule has 0 aliphatic carbocycles. The Hall–Kier alpha value is -2.42. The highest BCUT2D eigenvalue weighted by Crippen LogP contribution is 2.08. The first-order valence-electron chi connectivity index (χ1n) is 5.61. The van der Waals surface area contributed by atoms with Gasteiger partial charge in [0.1, 0.15) is 13.4 Å². The smallest absolute Gasteiger partial charge is 0.223 e. The third kappa shape index (κ3) is 3.04. The van der Waals surface area contributed by atoms with Crippen LogP contribution in [0.2, 0.25) is 0 Å². The number of carbonyl (C=O) groups is 1. The Bertz CT molecular complexity index is 542. The largest absolute Gasteiger partial charge is 0.298 e. The maximum Gasteiger partial charge on any atom is 0.223 e. The second kappa shape index (κ2) is 5.77. The Morgan fingerprint density at radius 1 is 0.889 bits per heavy atom. The molecule has 0 aliphatic rings. The van der Waals surface area contributed by atoms with E-state index in [1.807, 2.05) is 48.8 Å². The van der Waals surface area contributed by atoms with E-state index < -0.39 is 0 Å². The molecule has 1 aromatic carbocycles. The van der Waals surface area contributed by atoms with Gasteiger partial charge < -0.3 is 0 Å². The molecule has 0 N–H and O–H groups in total. The normalized spacial score (nSPS) is 10.5. The molecular weight excluding hydrogens is 226 g/mol. The Morgan fingerprint density at radius 2 is 1.39 bits per heavy atom. The number of aromatic nitrogens is 1. The van der Waals surface area contributed by atoms with Gasteiger partial charge in [0.2, 0.25) is 12.4 Å². The average molecular weight is 240 g/mol. The van der Waals surface area contributed by atoms with Crippen molar-refractivity contribution in [3.8, 4) is 0 Å². The summed E-state index contributed by atoms with van der Waals surface area (Å²) in [5.41, 5.74) is 2.83. The second-order valence-corrected chi connectivity index (χ2v) is 3.79. The monoisotopic (exact) mass is 240 g/mol. The van der Waals surface area contributed by atoms with E-state index in [0.717, 1.165) is 17.4 Å². The molecule has 0 saturated carbocycles. The molecule has 2 aromatic rings. The van der Waals surface area contributed by atoms with Crippen molar-refractivity contribution in [2.24, 2.45) is 0 Å². The van der Waals surface area contributed by atoms with Gasteiger partial charge in [-0.15, -0.1) is 0 Å². The fourth-order valence-corrected chi connectivity index (χ4v) is 1.54. The van der Waals surface area contributed by atoms with Crippen LogP contribution in [-0.4, -0.2) is 13.4 Å². The molecule has 0 unspecified atom stereocenters. The molecule has 0 aliphatic heterocycles. The zero-order valence-corrected chi connectivity index (χ0v) is 10.1. The number of pyridine rings is 1. The van der Waals surface area contributed by atoms with Crippen LogP contribution in [0.4, 0.5) is 0 Å². The molecule has 90 valence electrons. The minimum absolute atomic E-state index is 0.688. The lowest BCUT2D eigenvalue weighted by Gasteiger charge is -1.95. The molecule has 3 nitrogen and oxygen atoms in total. The third-order valence-corrected chi connectivity index (χ3v) is 2.58. The van der Waals surface area contributed by atoms with Crippen LogP contribution in [0.3, 0.4) is 0 Å². The van der Waals surface area contributed by atoms with Crippen LogP contribution < -0.4 is 9.57 Å². The summed E-state index contributed by atoms with van der Waals surface area (Å²) < 4.78 is 1.62. The zero-order chi connectivity index (χ0) is 12.8. The lowest BCUT2D eigenvalue weighted by molar-refractivity contribution is -0.885. The quantitative estimate of drug-likeness (QED) is 0.604. The van der Waals surface area contributed by atoms with Gasteiger partial charge in [-0.3, -0.25) is 9.63 Å². The number of benzene rings is 1. The maximum atomic E-state index is 10.5. The number of hydrogen-bond donors (Lipinski definition) is 0. The minimum atomic E-state index is 0.688. The van der Waals surface area contributed by atoms with E-state index in [-0.39, 0.29) is 0 Å². The first-order valence-corrected chi connectivity index (χ1v) is 5.61. The molecule has 0 radical (unpaired) electrons. The van der Waals surface area contributed by atoms with Crippen LogP contribution in [-0.2, 0) is 0 Å². The summed E-state index contributed by atoms with van der Waals surface area (Å²) in [6, 6.07) is 11.4. The molecule has 2 rings (SSSR count). The fraction of sp³-hybridized carbons (Fsp3) is 0.0667. The Kier molecular flexibility index (Phi) is 3.86. The minimum Gasteiger partial charge on any atom is -0.298 e. The Morgan fingerprint density at radius 3 is 1.89 bits per heavy atom. The van der Waals surface area contributed by atoms with Gasteiger partial charge in [-0.25, -0.2) is 0 Å². The summed E-state index contributed by atoms with van der Waals surface area (Å²) in [7, 11) is 1.62. The van der Waals surface area contributed by atoms with E-state index in [9.17, 15) is 4.79 Å². The van der Waals surface area contributed by atoms with Crippen molar-refractivity contribution in [2.45, 2.75) is 0 Å². The standard InChI is InChI=1S/C15H14NO2/c1-18-16-10-8-14(9-11-16)3-2-13-4-6-15(12-17)7-5-13/h2-12H,1H3/q+1. The van der Waals surface area contributed by atoms with Crippen LogP contribution >= 0.6 is 0 Å². The first kappa shape index (κ1) is 12.0. The maximum absolute atomic E-state index is 10.5. The van der Waals surface area contributed by atoms with Gasteiger partial charge >= 0.3 is 0 Å². The average Bonchev–Trinajstić information content (AvgIpc) is 2.46. The topological polar surface area (TPSA) is 30.2 Å². The number of hydrogen-bond acceptors (Lipinski definition) is 2. The van der Waals surface area contributed by atoms with Gasteiger partial charge in [-0.05, 0) is 11.1 Å². The molecule has 0 spiro atoms. The number of carbonyl (C=O) groups excluding carboxylic acids is 1. The van der Waals surface area contributed by atoms with Crippen molar-refractivity contribution >= 4 is 18.4 Å². The summed E-state index contributed by atoms with van der Waals surface area (Å²) in [5, 5.41) is 0. The van der Waals surface area contributed by atoms with Crippen LogP contribution in [0.1, 0.15) is 21.5 Å². The highest BCUT2D eigenvalue weighted by molar-refractivity contribution is 5.76. The van der Waals surface area contributed by atoms with Gasteiger partial charge in [0.05, 0.1) is 0 Å². The number of aldehydes is 1. The molecule has 0 fully saturated rings. The SMILES string of the molecule is CO[n+]1ccc(C=Cc2ccc(C=O)cc2)cc1. The van der Waals surface area contributed by atoms with E-state index in [1.165, 1.54) is 0 Å². The predicted molar refractivity (Wildman–Crippen MR) is 69.9 cm³/mol. The van der Waals surface area contributed by atoms with E-state index in [4.69, 9.17) is 4.84 Å². The summed E-state index contributed by atoms with van der Waals surface area (Å²) in [5.74, 6) is 0. The molecule has 1 aromatic heterocycles. The van der Waals surface area contributed by atoms with Crippen molar-refractivity contribution in [3.63, 3.8) is 0 Å². The predicted octanol–water partition coefficient (Wildman–Crippen LogP) is 2.02. The van der Waals surface area contributed by atoms with Crippen LogP contribution in [0.5, 0.6) is 0 Å². The third-order valence-electron chi connectivity index (χ3n) is 2.58. The van der Waals surface area contributed by atoms with Gasteiger partial charge in [-0.2, -0.15) is 0 Å². The van der Waals surface area contributed by atoms with Gasteiger partial charge in [0.25, 0.3) is 0 Å².